The molecule has 16 heterocycles. The van der Waals surface area contributed by atoms with E-state index in [1.165, 1.54) is 41.6 Å². The van der Waals surface area contributed by atoms with Crippen LogP contribution in [0, 0.1) is 0 Å². The first-order valence-corrected chi connectivity index (χ1v) is 46.9. The number of carbonyl (C=O) groups excluding carboxylic acids is 4. The number of nitrogens with zero attached hydrogens (tertiary/aromatic N) is 20. The van der Waals surface area contributed by atoms with Crippen molar-refractivity contribution in [3.63, 3.8) is 0 Å². The molecule has 0 unspecified atom stereocenters. The van der Waals surface area contributed by atoms with Crippen LogP contribution in [0.3, 0.4) is 0 Å². The fraction of sp³-hybridized carbons (Fsp3) is 0.286. The Labute approximate surface area is 851 Å². The van der Waals surface area contributed by atoms with Crippen LogP contribution in [-0.4, -0.2) is 220 Å². The number of anilines is 4. The normalized spacial score (nSPS) is 17.2. The zero-order chi connectivity index (χ0) is 97.4. The smallest absolute Gasteiger partial charge is 1.00 e. The van der Waals surface area contributed by atoms with Crippen LogP contribution in [0.25, 0.3) is 90.8 Å². The second kappa shape index (κ2) is 47.4. The Balaban J connectivity index is 0.000000167. The number of H-pyrrole nitrogens is 2. The Morgan fingerprint density at radius 1 is 0.447 bits per heavy atom. The summed E-state index contributed by atoms with van der Waals surface area (Å²) in [5.74, 6) is 0.713. The molecule has 16 aromatic heterocycles. The molecule has 9 N–H and O–H groups in total. The van der Waals surface area contributed by atoms with Gasteiger partial charge in [-0.15, -0.1) is 0 Å². The maximum absolute atomic E-state index is 13.1. The van der Waals surface area contributed by atoms with Crippen LogP contribution < -0.4 is 90.2 Å². The van der Waals surface area contributed by atoms with E-state index in [-0.39, 0.29) is 128 Å². The zero-order valence-corrected chi connectivity index (χ0v) is 83.4. The molecule has 0 bridgehead atoms. The number of phosphoric acid groups is 2. The summed E-state index contributed by atoms with van der Waals surface area (Å²) in [7, 11) is -1.38. The van der Waals surface area contributed by atoms with Crippen molar-refractivity contribution in [2.75, 3.05) is 62.7 Å². The van der Waals surface area contributed by atoms with Crippen LogP contribution in [0.15, 0.2) is 238 Å². The fourth-order valence-electron chi connectivity index (χ4n) is 15.4. The number of carbonyl (C=O) groups is 5. The first-order chi connectivity index (χ1) is 67.1. The molecular formula is C91H98N26Na2O20P2-2. The second-order valence-corrected chi connectivity index (χ2v) is 35.2. The van der Waals surface area contributed by atoms with Crippen molar-refractivity contribution in [1.29, 1.82) is 0 Å². The van der Waals surface area contributed by atoms with Gasteiger partial charge >= 0.3 is 66.9 Å². The van der Waals surface area contributed by atoms with Crippen LogP contribution >= 0.6 is 15.6 Å². The van der Waals surface area contributed by atoms with Gasteiger partial charge in [-0.1, -0.05) is 24.3 Å². The third kappa shape index (κ3) is 26.5. The summed E-state index contributed by atoms with van der Waals surface area (Å²) >= 11 is 0. The molecule has 0 saturated heterocycles. The molecule has 726 valence electrons. The van der Waals surface area contributed by atoms with Crippen molar-refractivity contribution >= 4 is 68.5 Å². The van der Waals surface area contributed by atoms with Gasteiger partial charge < -0.3 is 94.8 Å². The van der Waals surface area contributed by atoms with Crippen molar-refractivity contribution in [3.05, 3.63) is 244 Å². The third-order valence-corrected chi connectivity index (χ3v) is 23.9. The van der Waals surface area contributed by atoms with Gasteiger partial charge in [0.25, 0.3) is 30.1 Å². The van der Waals surface area contributed by atoms with E-state index in [9.17, 15) is 38.1 Å². The van der Waals surface area contributed by atoms with E-state index in [2.05, 4.69) is 119 Å². The molecule has 4 aliphatic rings. The van der Waals surface area contributed by atoms with Gasteiger partial charge in [0.05, 0.1) is 137 Å². The number of ether oxygens (including phenoxy) is 2. The number of rotatable bonds is 32. The van der Waals surface area contributed by atoms with E-state index in [4.69, 9.17) is 67.2 Å². The average Bonchev–Trinajstić information content (AvgIpc) is 1.65. The zero-order valence-electron chi connectivity index (χ0n) is 79.6. The third-order valence-electron chi connectivity index (χ3n) is 23.1. The number of aromatic nitrogens is 20. The Morgan fingerprint density at radius 3 is 0.993 bits per heavy atom. The molecule has 0 aliphatic heterocycles. The molecule has 4 saturated carbocycles. The Hall–Kier alpha value is -13.2. The molecule has 20 rings (SSSR count). The minimum Gasteiger partial charge on any atom is -1.00 e. The number of pyridine rings is 4. The first-order valence-electron chi connectivity index (χ1n) is 43.9. The monoisotopic (exact) mass is 1980 g/mol. The average molecular weight is 1980 g/mol. The summed E-state index contributed by atoms with van der Waals surface area (Å²) in [6.45, 7) is 4.02. The summed E-state index contributed by atoms with van der Waals surface area (Å²) in [5, 5.41) is 58.7. The van der Waals surface area contributed by atoms with Crippen LogP contribution in [0.2, 0.25) is 0 Å². The Bertz CT molecular complexity index is 6500. The molecule has 141 heavy (non-hydrogen) atoms. The number of aromatic amines is 2. The predicted molar refractivity (Wildman–Crippen MR) is 498 cm³/mol. The van der Waals surface area contributed by atoms with E-state index < -0.39 is 40.9 Å². The van der Waals surface area contributed by atoms with E-state index >= 15 is 0 Å². The number of nitrogens with one attached hydrogen (secondary N) is 6. The molecular weight excluding hydrogens is 1890 g/mol. The molecule has 50 heteroatoms. The van der Waals surface area contributed by atoms with Crippen molar-refractivity contribution in [1.82, 2.24) is 109 Å². The number of hydrogen-bond donors (Lipinski definition) is 9. The minimum absolute atomic E-state index is 0. The summed E-state index contributed by atoms with van der Waals surface area (Å²) in [6.07, 6.45) is 34.4. The van der Waals surface area contributed by atoms with E-state index in [0.29, 0.717) is 140 Å². The summed E-state index contributed by atoms with van der Waals surface area (Å²) in [6, 6.07) is 37.3. The van der Waals surface area contributed by atoms with Gasteiger partial charge in [-0.05, 0) is 190 Å². The summed E-state index contributed by atoms with van der Waals surface area (Å²) < 4.78 is 74.2. The Kier molecular flexibility index (Phi) is 34.8. The molecule has 0 radical (unpaired) electrons. The minimum atomic E-state index is -5.13. The van der Waals surface area contributed by atoms with E-state index in [1.807, 2.05) is 112 Å². The second-order valence-electron chi connectivity index (χ2n) is 32.8. The standard InChI is InChI=1S/2C23H25N6O7P.2C22H23N7O2.CH2O2.2Na.2H/c2*1-2-34-17-9-16(10-17)29-13-19(22(27-29)18-5-3-4-8-24-18)26-23(30)21-7-6-20(36-21)15-11-25-28(12-15)14-35-37(31,32)33;2*1-28(2)15-9-16(10-15)29-13-18(21(27-29)17-5-3-4-8-23-17)26-22(30)20-7-6-19(31-20)14-11-24-25-12-14;2-1-3;;;;/h2*3-8,11-13,16-17H,2,9-10,14H2,1H3,(H,26,30)(H2,31,32,33);2*3-8,11-13,15-16H,9-10H2,1-2H3,(H,24,25)(H,26,30);1H,(H,2,3);;;;/q;;;;;2*+1;2*-1/p-2. The van der Waals surface area contributed by atoms with Gasteiger partial charge in [0.2, 0.25) is 0 Å². The van der Waals surface area contributed by atoms with E-state index in [1.54, 1.807) is 104 Å². The van der Waals surface area contributed by atoms with Crippen molar-refractivity contribution in [3.8, 4) is 90.8 Å². The van der Waals surface area contributed by atoms with E-state index in [0.717, 1.165) is 67.2 Å². The van der Waals surface area contributed by atoms with Crippen molar-refractivity contribution < 1.29 is 156 Å². The van der Waals surface area contributed by atoms with Crippen LogP contribution in [-0.2, 0) is 45.9 Å². The summed E-state index contributed by atoms with van der Waals surface area (Å²) in [4.78, 5) is 121. The maximum atomic E-state index is 13.1. The number of phosphoric ester groups is 2. The Morgan fingerprint density at radius 2 is 0.738 bits per heavy atom. The molecule has 0 aromatic carbocycles. The topological polar surface area (TPSA) is 586 Å². The SMILES string of the molecule is CCOC1CC(n2cc(NC(=O)c3ccc(-c4cnn(COP(=O)(O)O)c4)o3)c(-c3ccccn3)n2)C1.CCOC1CC(n2cc(NC(=O)c3ccc(-c4cnn(COP(=O)([O-])[O-])c4)o3)c(-c3ccccn3)n2)C1.CN(C)C1CC(n2cc(NC(=O)c3ccc(-c4cn[nH]c4)o3)c(-c3ccccn3)n2)C1.CN(C)C1CC(n2cc(NC(=O)c3ccc(-c4cn[nH]c4)o3)c(-c3ccccn3)n2)C1.O=CO.[H-].[H-].[Na+].[Na+]. The summed E-state index contributed by atoms with van der Waals surface area (Å²) in [5.41, 5.74) is 9.77. The van der Waals surface area contributed by atoms with Gasteiger partial charge in [0.15, 0.2) is 29.8 Å². The van der Waals surface area contributed by atoms with Crippen LogP contribution in [0.4, 0.5) is 22.7 Å². The van der Waals surface area contributed by atoms with Crippen molar-refractivity contribution in [2.45, 2.75) is 127 Å². The molecule has 0 spiro atoms. The van der Waals surface area contributed by atoms with Crippen LogP contribution in [0.5, 0.6) is 0 Å². The maximum Gasteiger partial charge on any atom is 1.00 e. The largest absolute Gasteiger partial charge is 1.00 e. The first kappa shape index (κ1) is 104. The van der Waals surface area contributed by atoms with Gasteiger partial charge in [-0.25, -0.2) is 13.9 Å². The van der Waals surface area contributed by atoms with Gasteiger partial charge in [-0.2, -0.15) is 40.8 Å². The number of amides is 4. The predicted octanol–water partition coefficient (Wildman–Crippen LogP) is 6.48. The van der Waals surface area contributed by atoms with Crippen LogP contribution in [0.1, 0.15) is 134 Å². The fourth-order valence-corrected chi connectivity index (χ4v) is 16.0. The molecule has 4 amide bonds. The number of carboxylic acid groups (broad SMARTS) is 1. The number of hydrogen-bond acceptors (Lipinski definition) is 31. The number of furan rings is 4. The molecule has 0 atom stereocenters. The van der Waals surface area contributed by atoms with Crippen molar-refractivity contribution in [2.24, 2.45) is 0 Å². The quantitative estimate of drug-likeness (QED) is 0.0124. The van der Waals surface area contributed by atoms with Gasteiger partial charge in [0, 0.05) is 99.7 Å². The molecule has 4 fully saturated rings. The van der Waals surface area contributed by atoms with Gasteiger partial charge in [0.1, 0.15) is 52.5 Å². The molecule has 16 aromatic rings. The molecule has 46 nitrogen and oxygen atoms in total. The molecule has 4 aliphatic carbocycles. The van der Waals surface area contributed by atoms with Gasteiger partial charge in [-0.3, -0.25) is 77.4 Å².